The minimum atomic E-state index is 0.568. The van der Waals surface area contributed by atoms with E-state index in [0.29, 0.717) is 5.92 Å². The molecule has 1 N–H and O–H groups in total. The maximum atomic E-state index is 4.71. The van der Waals surface area contributed by atoms with Gasteiger partial charge < -0.3 is 5.32 Å². The number of aryl methyl sites for hydroxylation is 1. The molecule has 1 saturated carbocycles. The van der Waals surface area contributed by atoms with E-state index in [1.54, 1.807) is 0 Å². The summed E-state index contributed by atoms with van der Waals surface area (Å²) < 4.78 is 1.15. The molecule has 17 heavy (non-hydrogen) atoms. The first-order valence-electron chi connectivity index (χ1n) is 6.39. The average Bonchev–Trinajstić information content (AvgIpc) is 2.71. The van der Waals surface area contributed by atoms with Crippen LogP contribution in [0.2, 0.25) is 0 Å². The van der Waals surface area contributed by atoms with Crippen LogP contribution in [-0.2, 0) is 0 Å². The maximum Gasteiger partial charge on any atom is 0.143 e. The first-order valence-corrected chi connectivity index (χ1v) is 7.47. The number of anilines is 1. The van der Waals surface area contributed by atoms with Crippen LogP contribution in [0.3, 0.4) is 0 Å². The van der Waals surface area contributed by atoms with Gasteiger partial charge in [0, 0.05) is 12.5 Å². The third-order valence-corrected chi connectivity index (χ3v) is 4.73. The van der Waals surface area contributed by atoms with E-state index in [4.69, 9.17) is 4.98 Å². The quantitative estimate of drug-likeness (QED) is 0.849. The van der Waals surface area contributed by atoms with E-state index in [9.17, 15) is 0 Å². The standard InChI is InChI=1S/C13H20IN3/c1-4-15-13-11(14)9(3)16-12(17-13)10-6-5-8(2)7-10/h8,10H,4-7H2,1-3H3,(H,15,16,17). The summed E-state index contributed by atoms with van der Waals surface area (Å²) in [6.45, 7) is 7.41. The van der Waals surface area contributed by atoms with Crippen LogP contribution in [0, 0.1) is 16.4 Å². The minimum absolute atomic E-state index is 0.568. The molecule has 0 aromatic carbocycles. The van der Waals surface area contributed by atoms with Gasteiger partial charge in [-0.25, -0.2) is 9.97 Å². The van der Waals surface area contributed by atoms with E-state index < -0.39 is 0 Å². The molecule has 2 atom stereocenters. The Morgan fingerprint density at radius 1 is 1.35 bits per heavy atom. The predicted molar refractivity (Wildman–Crippen MR) is 79.4 cm³/mol. The maximum absolute atomic E-state index is 4.71. The van der Waals surface area contributed by atoms with Gasteiger partial charge in [0.2, 0.25) is 0 Å². The van der Waals surface area contributed by atoms with Crippen molar-refractivity contribution >= 4 is 28.4 Å². The lowest BCUT2D eigenvalue weighted by molar-refractivity contribution is 0.584. The van der Waals surface area contributed by atoms with Crippen molar-refractivity contribution in [3.8, 4) is 0 Å². The lowest BCUT2D eigenvalue weighted by Gasteiger charge is -2.13. The highest BCUT2D eigenvalue weighted by atomic mass is 127. The molecule has 1 aliphatic rings. The van der Waals surface area contributed by atoms with Gasteiger partial charge in [0.05, 0.1) is 9.26 Å². The SMILES string of the molecule is CCNc1nc(C2CCC(C)C2)nc(C)c1I. The largest absolute Gasteiger partial charge is 0.369 e. The molecule has 3 nitrogen and oxygen atoms in total. The summed E-state index contributed by atoms with van der Waals surface area (Å²) in [7, 11) is 0. The Hall–Kier alpha value is -0.390. The number of hydrogen-bond acceptors (Lipinski definition) is 3. The Morgan fingerprint density at radius 3 is 2.71 bits per heavy atom. The normalized spacial score (nSPS) is 24.0. The molecule has 0 spiro atoms. The van der Waals surface area contributed by atoms with Gasteiger partial charge in [-0.2, -0.15) is 0 Å². The van der Waals surface area contributed by atoms with Gasteiger partial charge in [-0.05, 0) is 61.6 Å². The highest BCUT2D eigenvalue weighted by molar-refractivity contribution is 14.1. The highest BCUT2D eigenvalue weighted by Crippen LogP contribution is 2.37. The van der Waals surface area contributed by atoms with Crippen molar-refractivity contribution in [2.75, 3.05) is 11.9 Å². The van der Waals surface area contributed by atoms with E-state index in [1.807, 2.05) is 0 Å². The first-order chi connectivity index (χ1) is 8.11. The van der Waals surface area contributed by atoms with Crippen molar-refractivity contribution in [3.05, 3.63) is 15.1 Å². The molecule has 1 aliphatic carbocycles. The Kier molecular flexibility index (Phi) is 4.22. The molecule has 4 heteroatoms. The topological polar surface area (TPSA) is 37.8 Å². The van der Waals surface area contributed by atoms with E-state index in [1.165, 1.54) is 19.3 Å². The predicted octanol–water partition coefficient (Wildman–Crippen LogP) is 3.73. The van der Waals surface area contributed by atoms with Crippen LogP contribution in [0.5, 0.6) is 0 Å². The third kappa shape index (κ3) is 2.89. The van der Waals surface area contributed by atoms with Crippen LogP contribution in [0.1, 0.15) is 50.5 Å². The molecular formula is C13H20IN3. The van der Waals surface area contributed by atoms with Crippen LogP contribution < -0.4 is 5.32 Å². The average molecular weight is 345 g/mol. The van der Waals surface area contributed by atoms with Crippen molar-refractivity contribution in [2.24, 2.45) is 5.92 Å². The van der Waals surface area contributed by atoms with Gasteiger partial charge >= 0.3 is 0 Å². The monoisotopic (exact) mass is 345 g/mol. The summed E-state index contributed by atoms with van der Waals surface area (Å²) in [4.78, 5) is 9.38. The number of nitrogens with one attached hydrogen (secondary N) is 1. The highest BCUT2D eigenvalue weighted by Gasteiger charge is 2.26. The van der Waals surface area contributed by atoms with Gasteiger partial charge in [0.25, 0.3) is 0 Å². The molecule has 94 valence electrons. The van der Waals surface area contributed by atoms with Gasteiger partial charge in [-0.1, -0.05) is 6.92 Å². The zero-order chi connectivity index (χ0) is 12.4. The Bertz CT molecular complexity index is 406. The van der Waals surface area contributed by atoms with Crippen LogP contribution in [0.4, 0.5) is 5.82 Å². The molecule has 1 heterocycles. The van der Waals surface area contributed by atoms with Crippen LogP contribution in [0.15, 0.2) is 0 Å². The van der Waals surface area contributed by atoms with Crippen molar-refractivity contribution < 1.29 is 0 Å². The summed E-state index contributed by atoms with van der Waals surface area (Å²) in [5, 5.41) is 3.33. The Balaban J connectivity index is 2.28. The zero-order valence-electron chi connectivity index (χ0n) is 10.8. The van der Waals surface area contributed by atoms with Crippen molar-refractivity contribution in [1.82, 2.24) is 9.97 Å². The van der Waals surface area contributed by atoms with E-state index in [-0.39, 0.29) is 0 Å². The number of hydrogen-bond donors (Lipinski definition) is 1. The number of aromatic nitrogens is 2. The van der Waals surface area contributed by atoms with Gasteiger partial charge in [-0.3, -0.25) is 0 Å². The summed E-state index contributed by atoms with van der Waals surface area (Å²) >= 11 is 2.32. The molecule has 2 rings (SSSR count). The number of nitrogens with zero attached hydrogens (tertiary/aromatic N) is 2. The van der Waals surface area contributed by atoms with Crippen LogP contribution in [-0.4, -0.2) is 16.5 Å². The minimum Gasteiger partial charge on any atom is -0.369 e. The second kappa shape index (κ2) is 5.50. The fourth-order valence-electron chi connectivity index (χ4n) is 2.49. The lowest BCUT2D eigenvalue weighted by Crippen LogP contribution is -2.10. The smallest absolute Gasteiger partial charge is 0.143 e. The van der Waals surface area contributed by atoms with Crippen molar-refractivity contribution in [2.45, 2.75) is 46.0 Å². The molecule has 0 bridgehead atoms. The number of rotatable bonds is 3. The van der Waals surface area contributed by atoms with Crippen molar-refractivity contribution in [3.63, 3.8) is 0 Å². The molecule has 0 amide bonds. The molecule has 1 aromatic heterocycles. The van der Waals surface area contributed by atoms with Crippen LogP contribution in [0.25, 0.3) is 0 Å². The van der Waals surface area contributed by atoms with Gasteiger partial charge in [0.1, 0.15) is 11.6 Å². The Labute approximate surface area is 117 Å². The molecule has 2 unspecified atom stereocenters. The fourth-order valence-corrected chi connectivity index (χ4v) is 2.92. The molecule has 0 radical (unpaired) electrons. The second-order valence-corrected chi connectivity index (χ2v) is 6.05. The van der Waals surface area contributed by atoms with E-state index in [0.717, 1.165) is 33.4 Å². The summed E-state index contributed by atoms with van der Waals surface area (Å²) in [5.74, 6) is 3.45. The summed E-state index contributed by atoms with van der Waals surface area (Å²) in [6, 6.07) is 0. The first kappa shape index (κ1) is 13.1. The fraction of sp³-hybridized carbons (Fsp3) is 0.692. The van der Waals surface area contributed by atoms with Gasteiger partial charge in [0.15, 0.2) is 0 Å². The van der Waals surface area contributed by atoms with E-state index in [2.05, 4.69) is 53.7 Å². The van der Waals surface area contributed by atoms with Crippen molar-refractivity contribution in [1.29, 1.82) is 0 Å². The summed E-state index contributed by atoms with van der Waals surface area (Å²) in [5.41, 5.74) is 1.10. The second-order valence-electron chi connectivity index (χ2n) is 4.98. The van der Waals surface area contributed by atoms with Crippen LogP contribution >= 0.6 is 22.6 Å². The molecular weight excluding hydrogens is 325 g/mol. The molecule has 1 aromatic rings. The van der Waals surface area contributed by atoms with Gasteiger partial charge in [-0.15, -0.1) is 0 Å². The molecule has 0 saturated heterocycles. The Morgan fingerprint density at radius 2 is 2.12 bits per heavy atom. The number of halogens is 1. The third-order valence-electron chi connectivity index (χ3n) is 3.44. The summed E-state index contributed by atoms with van der Waals surface area (Å²) in [6.07, 6.45) is 3.80. The zero-order valence-corrected chi connectivity index (χ0v) is 12.9. The van der Waals surface area contributed by atoms with E-state index >= 15 is 0 Å². The molecule has 0 aliphatic heterocycles. The molecule has 1 fully saturated rings. The lowest BCUT2D eigenvalue weighted by atomic mass is 10.1.